The topological polar surface area (TPSA) is 42.9 Å². The van der Waals surface area contributed by atoms with E-state index in [1.807, 2.05) is 25.2 Å². The van der Waals surface area contributed by atoms with E-state index in [0.717, 1.165) is 42.6 Å². The van der Waals surface area contributed by atoms with E-state index in [0.29, 0.717) is 16.7 Å². The van der Waals surface area contributed by atoms with Crippen LogP contribution in [0.5, 0.6) is 11.5 Å². The molecule has 0 amide bonds. The largest absolute Gasteiger partial charge is 0.493 e. The monoisotopic (exact) mass is 408 g/mol. The summed E-state index contributed by atoms with van der Waals surface area (Å²) in [5.74, 6) is 2.62. The molecule has 2 rings (SSSR count). The zero-order valence-corrected chi connectivity index (χ0v) is 17.5. The van der Waals surface area contributed by atoms with Gasteiger partial charge in [0.2, 0.25) is 0 Å². The third-order valence-electron chi connectivity index (χ3n) is 4.07. The van der Waals surface area contributed by atoms with Crippen molar-refractivity contribution in [1.82, 2.24) is 5.32 Å². The number of unbranched alkanes of at least 4 members (excludes halogenated alkanes) is 2. The minimum atomic E-state index is 0.452. The normalized spacial score (nSPS) is 14.5. The molecule has 6 heteroatoms. The number of hydrogen-bond acceptors (Lipinski definition) is 5. The minimum Gasteiger partial charge on any atom is -0.493 e. The Labute approximate surface area is 172 Å². The van der Waals surface area contributed by atoms with Gasteiger partial charge in [0, 0.05) is 17.2 Å². The second-order valence-corrected chi connectivity index (χ2v) is 7.87. The van der Waals surface area contributed by atoms with Crippen LogP contribution >= 0.6 is 23.4 Å². The highest BCUT2D eigenvalue weighted by Crippen LogP contribution is 2.33. The van der Waals surface area contributed by atoms with Gasteiger partial charge in [-0.15, -0.1) is 0 Å². The van der Waals surface area contributed by atoms with Crippen LogP contribution < -0.4 is 14.8 Å². The summed E-state index contributed by atoms with van der Waals surface area (Å²) in [6, 6.07) is 5.58. The van der Waals surface area contributed by atoms with E-state index in [9.17, 15) is 0 Å². The molecule has 1 fully saturated rings. The number of rotatable bonds is 14. The number of aliphatic imine (C=N–C) groups is 1. The number of ether oxygens (including phenoxy) is 2. The first kappa shape index (κ1) is 21.9. The lowest BCUT2D eigenvalue weighted by Crippen LogP contribution is -2.06. The van der Waals surface area contributed by atoms with Crippen molar-refractivity contribution in [2.75, 3.05) is 26.1 Å². The zero-order valence-electron chi connectivity index (χ0n) is 16.0. The average molecular weight is 409 g/mol. The molecular formula is C21H29ClN2O2S. The summed E-state index contributed by atoms with van der Waals surface area (Å²) in [4.78, 5) is 4.88. The number of thioether (sulfide) groups is 1. The number of allylic oxidation sites excluding steroid dienone is 2. The van der Waals surface area contributed by atoms with Crippen molar-refractivity contribution in [3.8, 4) is 11.5 Å². The van der Waals surface area contributed by atoms with Gasteiger partial charge in [-0.3, -0.25) is 4.99 Å². The maximum atomic E-state index is 6.30. The van der Waals surface area contributed by atoms with Crippen LogP contribution in [0, 0.1) is 5.92 Å². The van der Waals surface area contributed by atoms with E-state index in [4.69, 9.17) is 21.1 Å². The van der Waals surface area contributed by atoms with E-state index >= 15 is 0 Å². The first-order valence-electron chi connectivity index (χ1n) is 9.38. The Balaban J connectivity index is 1.73. The Morgan fingerprint density at radius 1 is 1.37 bits per heavy atom. The fourth-order valence-corrected chi connectivity index (χ4v) is 3.22. The quantitative estimate of drug-likeness (QED) is 0.186. The molecule has 1 saturated carbocycles. The van der Waals surface area contributed by atoms with Gasteiger partial charge in [0.1, 0.15) is 17.4 Å². The Hall–Kier alpha value is -1.43. The highest BCUT2D eigenvalue weighted by molar-refractivity contribution is 8.03. The first-order chi connectivity index (χ1) is 13.2. The molecule has 1 aromatic rings. The summed E-state index contributed by atoms with van der Waals surface area (Å²) in [6.45, 7) is 5.36. The van der Waals surface area contributed by atoms with Gasteiger partial charge in [0.25, 0.3) is 0 Å². The maximum absolute atomic E-state index is 6.30. The highest BCUT2D eigenvalue weighted by atomic mass is 35.5. The summed E-state index contributed by atoms with van der Waals surface area (Å²) in [7, 11) is 1.98. The molecule has 1 N–H and O–H groups in total. The van der Waals surface area contributed by atoms with Crippen LogP contribution in [0.25, 0.3) is 0 Å². The van der Waals surface area contributed by atoms with Gasteiger partial charge in [0.05, 0.1) is 11.6 Å². The van der Waals surface area contributed by atoms with Crippen LogP contribution in [0.2, 0.25) is 5.02 Å². The van der Waals surface area contributed by atoms with Gasteiger partial charge in [-0.05, 0) is 70.5 Å². The van der Waals surface area contributed by atoms with Crippen LogP contribution in [0.4, 0.5) is 0 Å². The van der Waals surface area contributed by atoms with Gasteiger partial charge in [0.15, 0.2) is 0 Å². The second-order valence-electron chi connectivity index (χ2n) is 6.47. The van der Waals surface area contributed by atoms with E-state index in [2.05, 4.69) is 29.2 Å². The minimum absolute atomic E-state index is 0.452. The SMILES string of the molecule is C=N/C=C(/C=C/CCCCNC)SCOc1ccc(OCC2CC2)cc1Cl. The lowest BCUT2D eigenvalue weighted by Gasteiger charge is -2.10. The molecule has 0 aliphatic heterocycles. The molecule has 1 aliphatic carbocycles. The van der Waals surface area contributed by atoms with E-state index < -0.39 is 0 Å². The lowest BCUT2D eigenvalue weighted by atomic mass is 10.2. The number of hydrogen-bond donors (Lipinski definition) is 1. The standard InChI is InChI=1S/C21H29ClN2O2S/c1-23-12-6-4-3-5-7-19(14-24-2)27-16-26-21-11-10-18(13-20(21)22)25-15-17-8-9-17/h5,7,10-11,13-14,17,23H,2-4,6,8-9,12,15-16H2,1H3/b7-5+,19-14-. The van der Waals surface area contributed by atoms with Gasteiger partial charge in [-0.25, -0.2) is 0 Å². The van der Waals surface area contributed by atoms with E-state index in [1.54, 1.807) is 18.0 Å². The summed E-state index contributed by atoms with van der Waals surface area (Å²) in [5, 5.41) is 3.72. The lowest BCUT2D eigenvalue weighted by molar-refractivity contribution is 0.299. The third kappa shape index (κ3) is 9.36. The van der Waals surface area contributed by atoms with Crippen LogP contribution in [0.15, 0.2) is 46.4 Å². The molecule has 0 bridgehead atoms. The van der Waals surface area contributed by atoms with Gasteiger partial charge in [-0.1, -0.05) is 35.5 Å². The van der Waals surface area contributed by atoms with E-state index in [1.165, 1.54) is 19.3 Å². The van der Waals surface area contributed by atoms with Gasteiger partial charge >= 0.3 is 0 Å². The molecule has 0 aromatic heterocycles. The first-order valence-corrected chi connectivity index (χ1v) is 10.7. The predicted octanol–water partition coefficient (Wildman–Crippen LogP) is 5.69. The summed E-state index contributed by atoms with van der Waals surface area (Å²) in [5.41, 5.74) is 0. The fraction of sp³-hybridized carbons (Fsp3) is 0.476. The Morgan fingerprint density at radius 2 is 2.22 bits per heavy atom. The Kier molecular flexibility index (Phi) is 10.4. The Morgan fingerprint density at radius 3 is 2.93 bits per heavy atom. The number of nitrogens with zero attached hydrogens (tertiary/aromatic N) is 1. The molecule has 4 nitrogen and oxygen atoms in total. The second kappa shape index (κ2) is 12.9. The molecule has 0 unspecified atom stereocenters. The molecule has 1 aromatic carbocycles. The summed E-state index contributed by atoms with van der Waals surface area (Å²) >= 11 is 7.87. The summed E-state index contributed by atoms with van der Waals surface area (Å²) < 4.78 is 11.5. The van der Waals surface area contributed by atoms with Gasteiger partial charge < -0.3 is 14.8 Å². The molecule has 1 aliphatic rings. The molecule has 0 spiro atoms. The van der Waals surface area contributed by atoms with Crippen molar-refractivity contribution in [2.24, 2.45) is 10.9 Å². The molecular weight excluding hydrogens is 380 g/mol. The Bertz CT molecular complexity index is 645. The number of nitrogens with one attached hydrogen (secondary N) is 1. The summed E-state index contributed by atoms with van der Waals surface area (Å²) in [6.07, 6.45) is 11.9. The van der Waals surface area contributed by atoms with Crippen LogP contribution in [0.3, 0.4) is 0 Å². The van der Waals surface area contributed by atoms with Gasteiger partial charge in [-0.2, -0.15) is 0 Å². The van der Waals surface area contributed by atoms with Crippen molar-refractivity contribution >= 4 is 30.1 Å². The van der Waals surface area contributed by atoms with Crippen molar-refractivity contribution in [3.05, 3.63) is 46.5 Å². The molecule has 148 valence electrons. The predicted molar refractivity (Wildman–Crippen MR) is 117 cm³/mol. The van der Waals surface area contributed by atoms with Crippen LogP contribution in [-0.2, 0) is 0 Å². The number of halogens is 1. The van der Waals surface area contributed by atoms with Crippen LogP contribution in [-0.4, -0.2) is 32.9 Å². The van der Waals surface area contributed by atoms with Crippen LogP contribution in [0.1, 0.15) is 32.1 Å². The average Bonchev–Trinajstić information content (AvgIpc) is 3.49. The third-order valence-corrected chi connectivity index (χ3v) is 5.18. The molecule has 0 atom stereocenters. The highest BCUT2D eigenvalue weighted by Gasteiger charge is 2.22. The maximum Gasteiger partial charge on any atom is 0.139 e. The van der Waals surface area contributed by atoms with Crippen molar-refractivity contribution in [2.45, 2.75) is 32.1 Å². The van der Waals surface area contributed by atoms with Crippen molar-refractivity contribution < 1.29 is 9.47 Å². The molecule has 27 heavy (non-hydrogen) atoms. The zero-order chi connectivity index (χ0) is 19.3. The smallest absolute Gasteiger partial charge is 0.139 e. The molecule has 0 heterocycles. The number of benzene rings is 1. The van der Waals surface area contributed by atoms with Crippen molar-refractivity contribution in [3.63, 3.8) is 0 Å². The molecule has 0 radical (unpaired) electrons. The van der Waals surface area contributed by atoms with Crippen molar-refractivity contribution in [1.29, 1.82) is 0 Å². The molecule has 0 saturated heterocycles. The van der Waals surface area contributed by atoms with E-state index in [-0.39, 0.29) is 0 Å². The fourth-order valence-electron chi connectivity index (χ4n) is 2.33.